The molecule has 0 atom stereocenters. The summed E-state index contributed by atoms with van der Waals surface area (Å²) in [5, 5.41) is 11.9. The molecule has 2 aromatic carbocycles. The van der Waals surface area contributed by atoms with Crippen molar-refractivity contribution in [3.63, 3.8) is 0 Å². The Labute approximate surface area is 124 Å². The predicted octanol–water partition coefficient (Wildman–Crippen LogP) is 1.98. The zero-order chi connectivity index (χ0) is 14.8. The molecular weight excluding hydrogens is 264 g/mol. The molecule has 4 nitrogen and oxygen atoms in total. The molecular formula is C17H20N2O2. The van der Waals surface area contributed by atoms with Gasteiger partial charge in [0.2, 0.25) is 0 Å². The Morgan fingerprint density at radius 3 is 2.57 bits per heavy atom. The lowest BCUT2D eigenvalue weighted by atomic mass is 10.00. The highest BCUT2D eigenvalue weighted by Gasteiger charge is 2.20. The van der Waals surface area contributed by atoms with E-state index >= 15 is 0 Å². The van der Waals surface area contributed by atoms with Gasteiger partial charge in [-0.3, -0.25) is 9.69 Å². The molecule has 1 saturated heterocycles. The van der Waals surface area contributed by atoms with E-state index in [-0.39, 0.29) is 11.5 Å². The van der Waals surface area contributed by atoms with E-state index in [0.29, 0.717) is 12.1 Å². The summed E-state index contributed by atoms with van der Waals surface area (Å²) in [5.41, 5.74) is 0.451. The minimum absolute atomic E-state index is 0.00569. The summed E-state index contributed by atoms with van der Waals surface area (Å²) in [6, 6.07) is 11.1. The van der Waals surface area contributed by atoms with E-state index in [0.717, 1.165) is 37.0 Å². The van der Waals surface area contributed by atoms with Gasteiger partial charge in [-0.15, -0.1) is 0 Å². The molecule has 110 valence electrons. The number of phenolic OH excluding ortho intramolecular Hbond substituents is 1. The van der Waals surface area contributed by atoms with Crippen molar-refractivity contribution in [1.82, 2.24) is 9.80 Å². The summed E-state index contributed by atoms with van der Waals surface area (Å²) < 4.78 is 0. The van der Waals surface area contributed by atoms with Gasteiger partial charge in [-0.1, -0.05) is 30.3 Å². The van der Waals surface area contributed by atoms with Gasteiger partial charge in [0, 0.05) is 26.2 Å². The third-order valence-electron chi connectivity index (χ3n) is 4.15. The van der Waals surface area contributed by atoms with Crippen LogP contribution in [0.2, 0.25) is 0 Å². The maximum Gasteiger partial charge on any atom is 0.181 e. The average molecular weight is 284 g/mol. The molecule has 0 amide bonds. The van der Waals surface area contributed by atoms with Gasteiger partial charge in [0.05, 0.1) is 12.1 Å². The number of hydrogen-bond acceptors (Lipinski definition) is 4. The Hall–Kier alpha value is -1.91. The average Bonchev–Trinajstić information content (AvgIpc) is 2.49. The zero-order valence-electron chi connectivity index (χ0n) is 12.2. The van der Waals surface area contributed by atoms with Crippen molar-refractivity contribution in [1.29, 1.82) is 0 Å². The fourth-order valence-corrected chi connectivity index (χ4v) is 2.84. The summed E-state index contributed by atoms with van der Waals surface area (Å²) in [6.45, 7) is 4.13. The SMILES string of the molecule is CN1CCN(CC(=O)c2c(O)ccc3ccccc23)CC1. The molecule has 2 aromatic rings. The highest BCUT2D eigenvalue weighted by Crippen LogP contribution is 2.27. The van der Waals surface area contributed by atoms with Crippen LogP contribution in [0.3, 0.4) is 0 Å². The Morgan fingerprint density at radius 1 is 1.10 bits per heavy atom. The van der Waals surface area contributed by atoms with Crippen molar-refractivity contribution in [3.8, 4) is 5.75 Å². The lowest BCUT2D eigenvalue weighted by Gasteiger charge is -2.31. The molecule has 0 spiro atoms. The van der Waals surface area contributed by atoms with Gasteiger partial charge >= 0.3 is 0 Å². The summed E-state index contributed by atoms with van der Waals surface area (Å²) in [7, 11) is 2.09. The van der Waals surface area contributed by atoms with Gasteiger partial charge in [0.1, 0.15) is 5.75 Å². The molecule has 1 fully saturated rings. The third-order valence-corrected chi connectivity index (χ3v) is 4.15. The third kappa shape index (κ3) is 2.91. The van der Waals surface area contributed by atoms with Gasteiger partial charge in [-0.05, 0) is 23.9 Å². The number of aromatic hydroxyl groups is 1. The van der Waals surface area contributed by atoms with Crippen molar-refractivity contribution in [2.45, 2.75) is 0 Å². The number of phenols is 1. The topological polar surface area (TPSA) is 43.8 Å². The first-order valence-electron chi connectivity index (χ1n) is 7.30. The van der Waals surface area contributed by atoms with E-state index in [1.165, 1.54) is 0 Å². The maximum absolute atomic E-state index is 12.6. The van der Waals surface area contributed by atoms with Gasteiger partial charge < -0.3 is 10.0 Å². The van der Waals surface area contributed by atoms with E-state index in [9.17, 15) is 9.90 Å². The van der Waals surface area contributed by atoms with Crippen LogP contribution in [0.15, 0.2) is 36.4 Å². The number of rotatable bonds is 3. The van der Waals surface area contributed by atoms with Crippen LogP contribution in [0.4, 0.5) is 0 Å². The first-order chi connectivity index (χ1) is 10.1. The Balaban J connectivity index is 1.86. The van der Waals surface area contributed by atoms with Gasteiger partial charge in [-0.25, -0.2) is 0 Å². The van der Waals surface area contributed by atoms with E-state index in [1.807, 2.05) is 30.3 Å². The van der Waals surface area contributed by atoms with Crippen molar-refractivity contribution in [2.75, 3.05) is 39.8 Å². The lowest BCUT2D eigenvalue weighted by molar-refractivity contribution is 0.0875. The molecule has 1 aliphatic rings. The molecule has 3 rings (SSSR count). The minimum Gasteiger partial charge on any atom is -0.507 e. The fraction of sp³-hybridized carbons (Fsp3) is 0.353. The van der Waals surface area contributed by atoms with E-state index < -0.39 is 0 Å². The quantitative estimate of drug-likeness (QED) is 0.875. The van der Waals surface area contributed by atoms with Crippen LogP contribution in [-0.2, 0) is 0 Å². The molecule has 0 aliphatic carbocycles. The van der Waals surface area contributed by atoms with Crippen molar-refractivity contribution < 1.29 is 9.90 Å². The maximum atomic E-state index is 12.6. The minimum atomic E-state index is -0.00569. The molecule has 0 bridgehead atoms. The molecule has 0 aromatic heterocycles. The Morgan fingerprint density at radius 2 is 1.81 bits per heavy atom. The number of nitrogens with zero attached hydrogens (tertiary/aromatic N) is 2. The number of hydrogen-bond donors (Lipinski definition) is 1. The van der Waals surface area contributed by atoms with Crippen molar-refractivity contribution >= 4 is 16.6 Å². The number of carbonyl (C=O) groups is 1. The lowest BCUT2D eigenvalue weighted by Crippen LogP contribution is -2.46. The second-order valence-corrected chi connectivity index (χ2v) is 5.68. The Bertz CT molecular complexity index is 661. The van der Waals surface area contributed by atoms with E-state index in [4.69, 9.17) is 0 Å². The second-order valence-electron chi connectivity index (χ2n) is 5.68. The summed E-state index contributed by atoms with van der Waals surface area (Å²) in [6.07, 6.45) is 0. The molecule has 21 heavy (non-hydrogen) atoms. The number of fused-ring (bicyclic) bond motifs is 1. The Kier molecular flexibility index (Phi) is 3.90. The number of benzene rings is 2. The van der Waals surface area contributed by atoms with Crippen LogP contribution < -0.4 is 0 Å². The van der Waals surface area contributed by atoms with Crippen LogP contribution in [-0.4, -0.2) is 60.5 Å². The van der Waals surface area contributed by atoms with Crippen LogP contribution >= 0.6 is 0 Å². The molecule has 4 heteroatoms. The second kappa shape index (κ2) is 5.84. The molecule has 0 radical (unpaired) electrons. The molecule has 1 aliphatic heterocycles. The largest absolute Gasteiger partial charge is 0.507 e. The number of ketones is 1. The van der Waals surface area contributed by atoms with E-state index in [2.05, 4.69) is 16.8 Å². The molecule has 1 N–H and O–H groups in total. The first-order valence-corrected chi connectivity index (χ1v) is 7.30. The summed E-state index contributed by atoms with van der Waals surface area (Å²) in [5.74, 6) is 0.0710. The molecule has 0 unspecified atom stereocenters. The number of Topliss-reactive ketones (excluding diaryl/α,β-unsaturated/α-hetero) is 1. The van der Waals surface area contributed by atoms with Gasteiger partial charge in [-0.2, -0.15) is 0 Å². The fourth-order valence-electron chi connectivity index (χ4n) is 2.84. The summed E-state index contributed by atoms with van der Waals surface area (Å²) >= 11 is 0. The molecule has 0 saturated carbocycles. The van der Waals surface area contributed by atoms with Gasteiger partial charge in [0.15, 0.2) is 5.78 Å². The van der Waals surface area contributed by atoms with Crippen molar-refractivity contribution in [2.24, 2.45) is 0 Å². The van der Waals surface area contributed by atoms with Crippen LogP contribution in [0, 0.1) is 0 Å². The highest BCUT2D eigenvalue weighted by atomic mass is 16.3. The molecule has 1 heterocycles. The normalized spacial score (nSPS) is 17.2. The zero-order valence-corrected chi connectivity index (χ0v) is 12.2. The monoisotopic (exact) mass is 284 g/mol. The van der Waals surface area contributed by atoms with Crippen LogP contribution in [0.25, 0.3) is 10.8 Å². The standard InChI is InChI=1S/C17H20N2O2/c1-18-8-10-19(11-9-18)12-16(21)17-14-5-3-2-4-13(14)6-7-15(17)20/h2-7,20H,8-12H2,1H3. The van der Waals surface area contributed by atoms with E-state index in [1.54, 1.807) is 6.07 Å². The smallest absolute Gasteiger partial charge is 0.181 e. The van der Waals surface area contributed by atoms with Crippen LogP contribution in [0.1, 0.15) is 10.4 Å². The first kappa shape index (κ1) is 14.0. The number of piperazine rings is 1. The number of likely N-dealkylation sites (N-methyl/N-ethyl adjacent to an activating group) is 1. The number of carbonyl (C=O) groups excluding carboxylic acids is 1. The highest BCUT2D eigenvalue weighted by molar-refractivity contribution is 6.11. The van der Waals surface area contributed by atoms with Gasteiger partial charge in [0.25, 0.3) is 0 Å². The van der Waals surface area contributed by atoms with Crippen LogP contribution in [0.5, 0.6) is 5.75 Å². The predicted molar refractivity (Wildman–Crippen MR) is 83.9 cm³/mol. The summed E-state index contributed by atoms with van der Waals surface area (Å²) in [4.78, 5) is 17.0. The van der Waals surface area contributed by atoms with Crippen molar-refractivity contribution in [3.05, 3.63) is 42.0 Å².